The Morgan fingerprint density at radius 1 is 1.40 bits per heavy atom. The molecule has 0 aromatic carbocycles. The molecule has 2 aromatic rings. The average Bonchev–Trinajstić information content (AvgIpc) is 2.92. The summed E-state index contributed by atoms with van der Waals surface area (Å²) in [6.07, 6.45) is 6.31. The molecule has 0 saturated carbocycles. The topological polar surface area (TPSA) is 63.9 Å². The summed E-state index contributed by atoms with van der Waals surface area (Å²) in [5.74, 6) is 0.762. The predicted octanol–water partition coefficient (Wildman–Crippen LogP) is 2.31. The largest absolute Gasteiger partial charge is 0.346 e. The number of fused-ring (bicyclic) bond motifs is 1. The van der Waals surface area contributed by atoms with Crippen molar-refractivity contribution in [3.8, 4) is 0 Å². The molecule has 3 rings (SSSR count). The van der Waals surface area contributed by atoms with Crippen molar-refractivity contribution >= 4 is 17.2 Å². The van der Waals surface area contributed by atoms with E-state index in [9.17, 15) is 4.79 Å². The number of aromatic nitrogens is 4. The Hall–Kier alpha value is -1.98. The second-order valence-corrected chi connectivity index (χ2v) is 5.35. The van der Waals surface area contributed by atoms with Crippen LogP contribution >= 0.6 is 0 Å². The zero-order chi connectivity index (χ0) is 13.9. The molecule has 0 aliphatic carbocycles. The zero-order valence-electron chi connectivity index (χ0n) is 11.7. The van der Waals surface area contributed by atoms with Crippen LogP contribution in [-0.4, -0.2) is 44.0 Å². The van der Waals surface area contributed by atoms with Gasteiger partial charge in [0, 0.05) is 19.3 Å². The van der Waals surface area contributed by atoms with Crippen molar-refractivity contribution in [2.24, 2.45) is 5.92 Å². The molecule has 0 unspecified atom stereocenters. The number of carbonyl (C=O) groups is 1. The standard InChI is InChI=1S/C14H19N5O/c1-2-4-11-6-9-18(10-7-11)14(20)19-12-5-3-8-15-13(12)16-17-19/h3,5,8,11H,2,4,6-7,9-10H2,1H3. The molecule has 6 heteroatoms. The third-order valence-electron chi connectivity index (χ3n) is 3.99. The third-order valence-corrected chi connectivity index (χ3v) is 3.99. The molecule has 3 heterocycles. The number of hydrogen-bond donors (Lipinski definition) is 0. The maximum atomic E-state index is 12.5. The maximum absolute atomic E-state index is 12.5. The van der Waals surface area contributed by atoms with E-state index in [1.807, 2.05) is 11.0 Å². The summed E-state index contributed by atoms with van der Waals surface area (Å²) in [5, 5.41) is 7.87. The van der Waals surface area contributed by atoms with Crippen LogP contribution in [0, 0.1) is 5.92 Å². The molecular formula is C14H19N5O. The van der Waals surface area contributed by atoms with E-state index in [0.29, 0.717) is 11.2 Å². The van der Waals surface area contributed by atoms with Gasteiger partial charge in [-0.2, -0.15) is 4.68 Å². The molecule has 0 spiro atoms. The lowest BCUT2D eigenvalue weighted by Crippen LogP contribution is -2.41. The predicted molar refractivity (Wildman–Crippen MR) is 75.3 cm³/mol. The van der Waals surface area contributed by atoms with E-state index >= 15 is 0 Å². The molecule has 1 fully saturated rings. The maximum Gasteiger partial charge on any atom is 0.346 e. The number of hydrogen-bond acceptors (Lipinski definition) is 4. The van der Waals surface area contributed by atoms with Crippen LogP contribution in [0.5, 0.6) is 0 Å². The van der Waals surface area contributed by atoms with Crippen LogP contribution in [0.15, 0.2) is 18.3 Å². The van der Waals surface area contributed by atoms with Gasteiger partial charge >= 0.3 is 6.03 Å². The highest BCUT2D eigenvalue weighted by Gasteiger charge is 2.25. The number of pyridine rings is 1. The number of rotatable bonds is 2. The lowest BCUT2D eigenvalue weighted by Gasteiger charge is -2.31. The number of nitrogens with zero attached hydrogens (tertiary/aromatic N) is 5. The number of amides is 1. The van der Waals surface area contributed by atoms with Crippen molar-refractivity contribution in [1.29, 1.82) is 0 Å². The smallest absolute Gasteiger partial charge is 0.323 e. The Morgan fingerprint density at radius 2 is 2.20 bits per heavy atom. The highest BCUT2D eigenvalue weighted by molar-refractivity contribution is 5.86. The fourth-order valence-corrected chi connectivity index (χ4v) is 2.86. The Morgan fingerprint density at radius 3 is 2.95 bits per heavy atom. The van der Waals surface area contributed by atoms with Crippen LogP contribution in [0.3, 0.4) is 0 Å². The summed E-state index contributed by atoms with van der Waals surface area (Å²) in [6, 6.07) is 3.53. The summed E-state index contributed by atoms with van der Waals surface area (Å²) in [7, 11) is 0. The second-order valence-electron chi connectivity index (χ2n) is 5.35. The summed E-state index contributed by atoms with van der Waals surface area (Å²) in [6.45, 7) is 3.84. The van der Waals surface area contributed by atoms with Crippen LogP contribution < -0.4 is 0 Å². The van der Waals surface area contributed by atoms with Gasteiger partial charge in [-0.05, 0) is 30.9 Å². The first kappa shape index (κ1) is 13.0. The molecule has 2 aromatic heterocycles. The van der Waals surface area contributed by atoms with E-state index in [2.05, 4.69) is 22.2 Å². The Labute approximate surface area is 117 Å². The number of piperidine rings is 1. The lowest BCUT2D eigenvalue weighted by molar-refractivity contribution is 0.167. The van der Waals surface area contributed by atoms with Gasteiger partial charge in [-0.1, -0.05) is 25.0 Å². The van der Waals surface area contributed by atoms with Crippen LogP contribution in [0.25, 0.3) is 11.2 Å². The minimum Gasteiger partial charge on any atom is -0.323 e. The first-order chi connectivity index (χ1) is 9.79. The van der Waals surface area contributed by atoms with Gasteiger partial charge in [0.2, 0.25) is 5.65 Å². The average molecular weight is 273 g/mol. The first-order valence-electron chi connectivity index (χ1n) is 7.25. The van der Waals surface area contributed by atoms with E-state index < -0.39 is 0 Å². The summed E-state index contributed by atoms with van der Waals surface area (Å²) >= 11 is 0. The Kier molecular flexibility index (Phi) is 3.62. The van der Waals surface area contributed by atoms with Crippen molar-refractivity contribution in [2.45, 2.75) is 32.6 Å². The van der Waals surface area contributed by atoms with Gasteiger partial charge in [-0.3, -0.25) is 0 Å². The van der Waals surface area contributed by atoms with Crippen molar-refractivity contribution in [1.82, 2.24) is 24.9 Å². The van der Waals surface area contributed by atoms with Crippen molar-refractivity contribution in [3.05, 3.63) is 18.3 Å². The minimum absolute atomic E-state index is 0.0875. The van der Waals surface area contributed by atoms with Crippen molar-refractivity contribution in [2.75, 3.05) is 13.1 Å². The number of likely N-dealkylation sites (tertiary alicyclic amines) is 1. The Bertz CT molecular complexity index is 600. The fourth-order valence-electron chi connectivity index (χ4n) is 2.86. The van der Waals surface area contributed by atoms with E-state index in [-0.39, 0.29) is 6.03 Å². The molecule has 106 valence electrons. The zero-order valence-corrected chi connectivity index (χ0v) is 11.7. The van der Waals surface area contributed by atoms with Crippen molar-refractivity contribution < 1.29 is 4.79 Å². The van der Waals surface area contributed by atoms with Gasteiger partial charge in [0.15, 0.2) is 0 Å². The molecule has 0 N–H and O–H groups in total. The molecule has 1 saturated heterocycles. The van der Waals surface area contributed by atoms with Gasteiger partial charge < -0.3 is 4.90 Å². The van der Waals surface area contributed by atoms with Gasteiger partial charge in [-0.15, -0.1) is 5.10 Å². The van der Waals surface area contributed by atoms with Crippen LogP contribution in [0.4, 0.5) is 4.79 Å². The van der Waals surface area contributed by atoms with Crippen LogP contribution in [0.2, 0.25) is 0 Å². The Balaban J connectivity index is 1.74. The third kappa shape index (κ3) is 2.37. The molecular weight excluding hydrogens is 254 g/mol. The lowest BCUT2D eigenvalue weighted by atomic mass is 9.93. The van der Waals surface area contributed by atoms with E-state index in [4.69, 9.17) is 0 Å². The van der Waals surface area contributed by atoms with Gasteiger partial charge in [0.25, 0.3) is 0 Å². The van der Waals surface area contributed by atoms with Crippen LogP contribution in [0.1, 0.15) is 32.6 Å². The normalized spacial score (nSPS) is 16.8. The minimum atomic E-state index is -0.0875. The monoisotopic (exact) mass is 273 g/mol. The summed E-state index contributed by atoms with van der Waals surface area (Å²) < 4.78 is 1.36. The summed E-state index contributed by atoms with van der Waals surface area (Å²) in [5.41, 5.74) is 1.19. The highest BCUT2D eigenvalue weighted by Crippen LogP contribution is 2.22. The molecule has 0 bridgehead atoms. The second kappa shape index (κ2) is 5.56. The van der Waals surface area contributed by atoms with Gasteiger partial charge in [0.1, 0.15) is 5.52 Å². The van der Waals surface area contributed by atoms with Gasteiger partial charge in [0.05, 0.1) is 0 Å². The molecule has 1 amide bonds. The molecule has 6 nitrogen and oxygen atoms in total. The van der Waals surface area contributed by atoms with E-state index in [0.717, 1.165) is 31.8 Å². The van der Waals surface area contributed by atoms with Crippen molar-refractivity contribution in [3.63, 3.8) is 0 Å². The molecule has 20 heavy (non-hydrogen) atoms. The molecule has 0 atom stereocenters. The van der Waals surface area contributed by atoms with Gasteiger partial charge in [-0.25, -0.2) is 9.78 Å². The van der Waals surface area contributed by atoms with E-state index in [1.165, 1.54) is 17.5 Å². The summed E-state index contributed by atoms with van der Waals surface area (Å²) in [4.78, 5) is 18.5. The van der Waals surface area contributed by atoms with Crippen LogP contribution in [-0.2, 0) is 0 Å². The fraction of sp³-hybridized carbons (Fsp3) is 0.571. The molecule has 1 aliphatic rings. The van der Waals surface area contributed by atoms with E-state index in [1.54, 1.807) is 12.3 Å². The molecule has 1 aliphatic heterocycles. The number of carbonyl (C=O) groups excluding carboxylic acids is 1. The SMILES string of the molecule is CCCC1CCN(C(=O)n2nnc3ncccc32)CC1. The quantitative estimate of drug-likeness (QED) is 0.842. The highest BCUT2D eigenvalue weighted by atomic mass is 16.2. The molecule has 0 radical (unpaired) electrons. The first-order valence-corrected chi connectivity index (χ1v) is 7.25.